The van der Waals surface area contributed by atoms with E-state index in [1.165, 1.54) is 5.56 Å². The van der Waals surface area contributed by atoms with Crippen molar-refractivity contribution in [3.63, 3.8) is 0 Å². The fourth-order valence-corrected chi connectivity index (χ4v) is 4.74. The number of thiocarbonyl (C=S) groups is 1. The number of anilines is 2. The lowest BCUT2D eigenvalue weighted by molar-refractivity contribution is -0.0661. The number of methoxy groups -OCH3 is 1. The first-order valence-corrected chi connectivity index (χ1v) is 10.3. The molecule has 1 fully saturated rings. The number of aliphatic imine (C=N–C) groups is 1. The average molecular weight is 410 g/mol. The van der Waals surface area contributed by atoms with E-state index in [-0.39, 0.29) is 5.60 Å². The summed E-state index contributed by atoms with van der Waals surface area (Å²) < 4.78 is 11.5. The van der Waals surface area contributed by atoms with Gasteiger partial charge >= 0.3 is 0 Å². The molecule has 0 amide bonds. The maximum atomic E-state index is 6.06. The Bertz CT molecular complexity index is 972. The Morgan fingerprint density at radius 2 is 1.97 bits per heavy atom. The topological polar surface area (TPSA) is 46.1 Å². The molecule has 0 bridgehead atoms. The molecule has 0 saturated carbocycles. The Kier molecular flexibility index (Phi) is 5.09. The second kappa shape index (κ2) is 7.43. The quantitative estimate of drug-likeness (QED) is 0.727. The molecule has 0 unspecified atom stereocenters. The number of hydrogen-bond acceptors (Lipinski definition) is 4. The van der Waals surface area contributed by atoms with Gasteiger partial charge in [0.25, 0.3) is 0 Å². The van der Waals surface area contributed by atoms with Gasteiger partial charge in [-0.05, 0) is 56.8 Å². The van der Waals surface area contributed by atoms with E-state index in [1.807, 2.05) is 30.3 Å². The second-order valence-corrected chi connectivity index (χ2v) is 8.65. The molecule has 152 valence electrons. The van der Waals surface area contributed by atoms with Crippen LogP contribution in [0.4, 0.5) is 11.4 Å². The van der Waals surface area contributed by atoms with Crippen LogP contribution in [0, 0.1) is 6.92 Å². The molecule has 4 rings (SSSR count). The molecule has 2 aromatic carbocycles. The summed E-state index contributed by atoms with van der Waals surface area (Å²) in [7, 11) is 1.68. The van der Waals surface area contributed by atoms with Crippen molar-refractivity contribution >= 4 is 34.5 Å². The van der Waals surface area contributed by atoms with Crippen molar-refractivity contribution in [1.29, 1.82) is 0 Å². The van der Waals surface area contributed by atoms with Crippen molar-refractivity contribution in [2.24, 2.45) is 4.99 Å². The van der Waals surface area contributed by atoms with Crippen LogP contribution in [0.25, 0.3) is 0 Å². The van der Waals surface area contributed by atoms with Crippen LogP contribution in [0.5, 0.6) is 5.75 Å². The molecule has 1 spiro atoms. The Morgan fingerprint density at radius 3 is 2.69 bits per heavy atom. The highest BCUT2D eigenvalue weighted by Crippen LogP contribution is 2.44. The molecule has 1 N–H and O–H groups in total. The summed E-state index contributed by atoms with van der Waals surface area (Å²) in [4.78, 5) is 7.02. The van der Waals surface area contributed by atoms with Crippen molar-refractivity contribution in [2.75, 3.05) is 23.9 Å². The Morgan fingerprint density at radius 1 is 1.17 bits per heavy atom. The van der Waals surface area contributed by atoms with E-state index in [2.05, 4.69) is 49.2 Å². The van der Waals surface area contributed by atoms with Gasteiger partial charge in [0.1, 0.15) is 17.1 Å². The van der Waals surface area contributed by atoms with E-state index in [1.54, 1.807) is 7.11 Å². The minimum atomic E-state index is -0.395. The molecule has 2 heterocycles. The highest BCUT2D eigenvalue weighted by atomic mass is 32.1. The van der Waals surface area contributed by atoms with Crippen LogP contribution in [0.3, 0.4) is 0 Å². The van der Waals surface area contributed by atoms with Crippen LogP contribution in [0.2, 0.25) is 0 Å². The number of para-hydroxylation sites is 1. The van der Waals surface area contributed by atoms with Crippen molar-refractivity contribution in [3.8, 4) is 5.75 Å². The second-order valence-electron chi connectivity index (χ2n) is 8.29. The van der Waals surface area contributed by atoms with E-state index in [0.717, 1.165) is 35.8 Å². The van der Waals surface area contributed by atoms with Gasteiger partial charge in [-0.3, -0.25) is 0 Å². The van der Waals surface area contributed by atoms with Crippen molar-refractivity contribution in [3.05, 3.63) is 54.1 Å². The standard InChI is InChI=1S/C23H27N3O2S/c1-16-8-5-6-11-19(16)24-20-23(12-13-28-22(2,3)15-23)26(21(29)25-20)17-9-7-10-18(14-17)27-4/h5-11,14H,12-13,15H2,1-4H3,(H,24,25,29)/t23-/m0/s1. The first kappa shape index (κ1) is 19.9. The SMILES string of the molecule is COc1cccc(N2C(=S)N=C(Nc3ccccc3C)[C@@]23CCOC(C)(C)C3)c1. The Balaban J connectivity index is 1.80. The van der Waals surface area contributed by atoms with Crippen LogP contribution in [0.15, 0.2) is 53.5 Å². The third kappa shape index (κ3) is 3.63. The Labute approximate surface area is 177 Å². The molecule has 1 atom stereocenters. The lowest BCUT2D eigenvalue weighted by Crippen LogP contribution is -2.60. The van der Waals surface area contributed by atoms with E-state index < -0.39 is 5.54 Å². The van der Waals surface area contributed by atoms with Crippen LogP contribution in [-0.4, -0.2) is 35.8 Å². The lowest BCUT2D eigenvalue weighted by atomic mass is 9.79. The number of rotatable bonds is 3. The monoisotopic (exact) mass is 409 g/mol. The predicted octanol–water partition coefficient (Wildman–Crippen LogP) is 4.95. The van der Waals surface area contributed by atoms with E-state index >= 15 is 0 Å². The van der Waals surface area contributed by atoms with Crippen molar-refractivity contribution < 1.29 is 9.47 Å². The zero-order valence-electron chi connectivity index (χ0n) is 17.4. The molecule has 0 aromatic heterocycles. The molecular weight excluding hydrogens is 382 g/mol. The van der Waals surface area contributed by atoms with Gasteiger partial charge in [-0.1, -0.05) is 24.3 Å². The Hall–Kier alpha value is -2.44. The summed E-state index contributed by atoms with van der Waals surface area (Å²) in [5.74, 6) is 1.68. The number of nitrogens with one attached hydrogen (secondary N) is 1. The summed E-state index contributed by atoms with van der Waals surface area (Å²) in [6.07, 6.45) is 1.57. The average Bonchev–Trinajstić information content (AvgIpc) is 2.93. The minimum Gasteiger partial charge on any atom is -0.497 e. The van der Waals surface area contributed by atoms with Crippen LogP contribution in [0.1, 0.15) is 32.3 Å². The van der Waals surface area contributed by atoms with Crippen molar-refractivity contribution in [2.45, 2.75) is 44.8 Å². The normalized spacial score (nSPS) is 23.2. The van der Waals surface area contributed by atoms with Gasteiger partial charge in [0.15, 0.2) is 0 Å². The van der Waals surface area contributed by atoms with Crippen LogP contribution >= 0.6 is 12.2 Å². The molecule has 2 aliphatic rings. The first-order chi connectivity index (χ1) is 13.8. The summed E-state index contributed by atoms with van der Waals surface area (Å²) in [5.41, 5.74) is 2.52. The smallest absolute Gasteiger partial charge is 0.202 e. The fraction of sp³-hybridized carbons (Fsp3) is 0.391. The highest BCUT2D eigenvalue weighted by molar-refractivity contribution is 7.80. The number of hydrogen-bond donors (Lipinski definition) is 1. The van der Waals surface area contributed by atoms with Gasteiger partial charge in [-0.15, -0.1) is 0 Å². The van der Waals surface area contributed by atoms with Gasteiger partial charge in [0.2, 0.25) is 5.11 Å². The summed E-state index contributed by atoms with van der Waals surface area (Å²) in [5, 5.41) is 4.16. The number of ether oxygens (including phenoxy) is 2. The third-order valence-electron chi connectivity index (χ3n) is 5.70. The number of aryl methyl sites for hydroxylation is 1. The molecule has 6 heteroatoms. The molecule has 1 saturated heterocycles. The molecule has 29 heavy (non-hydrogen) atoms. The lowest BCUT2D eigenvalue weighted by Gasteiger charge is -2.48. The van der Waals surface area contributed by atoms with Gasteiger partial charge in [-0.25, -0.2) is 4.99 Å². The minimum absolute atomic E-state index is 0.288. The maximum absolute atomic E-state index is 6.06. The van der Waals surface area contributed by atoms with Crippen LogP contribution < -0.4 is 15.0 Å². The van der Waals surface area contributed by atoms with Crippen molar-refractivity contribution in [1.82, 2.24) is 0 Å². The highest BCUT2D eigenvalue weighted by Gasteiger charge is 2.53. The molecule has 2 aromatic rings. The maximum Gasteiger partial charge on any atom is 0.202 e. The fourth-order valence-electron chi connectivity index (χ4n) is 4.36. The van der Waals surface area contributed by atoms with E-state index in [4.69, 9.17) is 26.7 Å². The largest absolute Gasteiger partial charge is 0.497 e. The number of nitrogens with zero attached hydrogens (tertiary/aromatic N) is 2. The number of amidine groups is 1. The number of benzene rings is 2. The summed E-state index contributed by atoms with van der Waals surface area (Å²) in [6, 6.07) is 16.2. The molecule has 0 aliphatic carbocycles. The molecular formula is C23H27N3O2S. The molecule has 2 aliphatic heterocycles. The van der Waals surface area contributed by atoms with Gasteiger partial charge < -0.3 is 19.7 Å². The van der Waals surface area contributed by atoms with E-state index in [9.17, 15) is 0 Å². The zero-order chi connectivity index (χ0) is 20.6. The first-order valence-electron chi connectivity index (χ1n) is 9.89. The summed E-state index contributed by atoms with van der Waals surface area (Å²) >= 11 is 5.77. The van der Waals surface area contributed by atoms with E-state index in [0.29, 0.717) is 11.7 Å². The zero-order valence-corrected chi connectivity index (χ0v) is 18.2. The third-order valence-corrected chi connectivity index (χ3v) is 5.98. The van der Waals surface area contributed by atoms with Gasteiger partial charge in [0.05, 0.1) is 12.7 Å². The molecule has 0 radical (unpaired) electrons. The predicted molar refractivity (Wildman–Crippen MR) is 122 cm³/mol. The van der Waals surface area contributed by atoms with Gasteiger partial charge in [0, 0.05) is 36.9 Å². The molecule has 5 nitrogen and oxygen atoms in total. The summed E-state index contributed by atoms with van der Waals surface area (Å²) in [6.45, 7) is 7.00. The van der Waals surface area contributed by atoms with Gasteiger partial charge in [-0.2, -0.15) is 0 Å². The van der Waals surface area contributed by atoms with Crippen LogP contribution in [-0.2, 0) is 4.74 Å².